The summed E-state index contributed by atoms with van der Waals surface area (Å²) in [4.78, 5) is 76.4. The van der Waals surface area contributed by atoms with E-state index in [-0.39, 0.29) is 71.8 Å². The first-order valence-electron chi connectivity index (χ1n) is 17.0. The van der Waals surface area contributed by atoms with Gasteiger partial charge in [0.15, 0.2) is 0 Å². The van der Waals surface area contributed by atoms with E-state index in [1.807, 2.05) is 0 Å². The summed E-state index contributed by atoms with van der Waals surface area (Å²) < 4.78 is 0. The molecule has 4 N–H and O–H groups in total. The van der Waals surface area contributed by atoms with Crippen LogP contribution < -0.4 is 21.5 Å². The summed E-state index contributed by atoms with van der Waals surface area (Å²) in [5, 5.41) is 36.9. The van der Waals surface area contributed by atoms with Crippen molar-refractivity contribution >= 4 is 116 Å². The Morgan fingerprint density at radius 3 is 1.46 bits per heavy atom. The summed E-state index contributed by atoms with van der Waals surface area (Å²) in [6.45, 7) is 0. The molecule has 0 heterocycles. The molecule has 5 aromatic rings. The number of benzene rings is 5. The molecular formula is C40H23Cl3N8O8. The van der Waals surface area contributed by atoms with Crippen LogP contribution in [0.15, 0.2) is 124 Å². The highest BCUT2D eigenvalue weighted by Gasteiger charge is 2.32. The topological polar surface area (TPSA) is 227 Å². The number of amides is 2. The van der Waals surface area contributed by atoms with Crippen molar-refractivity contribution in [1.82, 2.24) is 0 Å². The number of fused-ring (bicyclic) bond motifs is 2. The van der Waals surface area contributed by atoms with Gasteiger partial charge in [-0.15, -0.1) is 0 Å². The molecule has 5 aromatic carbocycles. The minimum absolute atomic E-state index is 0.0402. The minimum Gasteiger partial charge on any atom is -0.322 e. The Bertz CT molecular complexity index is 2820. The maximum Gasteiger partial charge on any atom is 0.295 e. The van der Waals surface area contributed by atoms with E-state index in [0.717, 1.165) is 12.1 Å². The lowest BCUT2D eigenvalue weighted by atomic mass is 9.89. The quantitative estimate of drug-likeness (QED) is 0.0597. The molecular weight excluding hydrogens is 827 g/mol. The number of carbonyl (C=O) groups is 4. The third kappa shape index (κ3) is 8.31. The van der Waals surface area contributed by atoms with E-state index >= 15 is 0 Å². The molecule has 0 unspecified atom stereocenters. The van der Waals surface area contributed by atoms with E-state index in [2.05, 4.69) is 31.7 Å². The van der Waals surface area contributed by atoms with E-state index in [9.17, 15) is 39.4 Å². The van der Waals surface area contributed by atoms with Crippen LogP contribution in [0.1, 0.15) is 22.3 Å². The summed E-state index contributed by atoms with van der Waals surface area (Å²) >= 11 is 18.4. The first-order chi connectivity index (χ1) is 28.3. The van der Waals surface area contributed by atoms with Crippen molar-refractivity contribution in [3.63, 3.8) is 0 Å². The molecule has 0 saturated carbocycles. The zero-order valence-corrected chi connectivity index (χ0v) is 31.9. The highest BCUT2D eigenvalue weighted by Crippen LogP contribution is 2.32. The van der Waals surface area contributed by atoms with Crippen molar-refractivity contribution in [2.24, 2.45) is 10.2 Å². The van der Waals surface area contributed by atoms with Gasteiger partial charge in [-0.3, -0.25) is 50.3 Å². The highest BCUT2D eigenvalue weighted by atomic mass is 35.5. The number of nitro groups is 2. The average Bonchev–Trinajstić information content (AvgIpc) is 3.21. The Balaban J connectivity index is 1.09. The molecule has 292 valence electrons. The number of hydrazone groups is 2. The number of carbonyl (C=O) groups excluding carboxylic acids is 4. The Kier molecular flexibility index (Phi) is 11.1. The first kappa shape index (κ1) is 39.7. The fourth-order valence-corrected chi connectivity index (χ4v) is 6.55. The predicted octanol–water partition coefficient (Wildman–Crippen LogP) is 8.31. The van der Waals surface area contributed by atoms with Gasteiger partial charge in [0.2, 0.25) is 11.6 Å². The molecule has 16 nitrogen and oxygen atoms in total. The normalized spacial score (nSPS) is 14.4. The van der Waals surface area contributed by atoms with E-state index in [1.54, 1.807) is 48.5 Å². The van der Waals surface area contributed by atoms with Gasteiger partial charge >= 0.3 is 0 Å². The van der Waals surface area contributed by atoms with Crippen LogP contribution in [0.4, 0.5) is 34.1 Å². The molecule has 2 aliphatic rings. The SMILES string of the molecule is O=C(Nc1ccc(NC(=O)C2=Cc3ccccc3/C(=N\Nc3ccc(Cl)cc3[N+](=O)[O-])C2=O)c(Cl)c1)C1=Cc2ccccc2/C(=N\Nc2ccc(Cl)cc2[N+](=O)[O-])C1=O. The maximum absolute atomic E-state index is 13.7. The number of nitro benzene ring substituents is 2. The lowest BCUT2D eigenvalue weighted by Gasteiger charge is -2.18. The van der Waals surface area contributed by atoms with Crippen molar-refractivity contribution in [3.8, 4) is 0 Å². The fraction of sp³-hybridized carbons (Fsp3) is 0. The lowest BCUT2D eigenvalue weighted by molar-refractivity contribution is -0.384. The zero-order chi connectivity index (χ0) is 42.0. The number of nitrogens with zero attached hydrogens (tertiary/aromatic N) is 4. The molecule has 0 fully saturated rings. The van der Waals surface area contributed by atoms with Gasteiger partial charge in [-0.2, -0.15) is 10.2 Å². The molecule has 0 aromatic heterocycles. The van der Waals surface area contributed by atoms with E-state index in [4.69, 9.17) is 34.8 Å². The molecule has 59 heavy (non-hydrogen) atoms. The number of halogens is 3. The average molecular weight is 850 g/mol. The molecule has 0 aliphatic heterocycles. The monoisotopic (exact) mass is 848 g/mol. The third-order valence-corrected chi connectivity index (χ3v) is 9.59. The lowest BCUT2D eigenvalue weighted by Crippen LogP contribution is -2.30. The number of hydrogen-bond donors (Lipinski definition) is 4. The molecule has 7 rings (SSSR count). The second-order valence-corrected chi connectivity index (χ2v) is 13.8. The van der Waals surface area contributed by atoms with Crippen molar-refractivity contribution in [2.75, 3.05) is 21.5 Å². The molecule has 0 atom stereocenters. The molecule has 2 aliphatic carbocycles. The number of nitrogens with one attached hydrogen (secondary N) is 4. The van der Waals surface area contributed by atoms with E-state index in [0.29, 0.717) is 22.3 Å². The second kappa shape index (κ2) is 16.5. The van der Waals surface area contributed by atoms with Gasteiger partial charge in [0.1, 0.15) is 22.8 Å². The van der Waals surface area contributed by atoms with Crippen molar-refractivity contribution < 1.29 is 29.0 Å². The minimum atomic E-state index is -0.852. The van der Waals surface area contributed by atoms with Crippen molar-refractivity contribution in [2.45, 2.75) is 0 Å². The number of Topliss-reactive ketones (excluding diaryl/α,β-unsaturated/α-hetero) is 2. The molecule has 0 saturated heterocycles. The summed E-state index contributed by atoms with van der Waals surface area (Å²) in [5.74, 6) is -3.25. The Labute approximate surface area is 347 Å². The van der Waals surface area contributed by atoms with Gasteiger partial charge < -0.3 is 10.6 Å². The van der Waals surface area contributed by atoms with Crippen molar-refractivity contribution in [3.05, 3.63) is 172 Å². The summed E-state index contributed by atoms with van der Waals surface area (Å²) in [7, 11) is 0. The van der Waals surface area contributed by atoms with Crippen LogP contribution in [0.25, 0.3) is 12.2 Å². The Hall–Kier alpha value is -7.53. The van der Waals surface area contributed by atoms with Crippen molar-refractivity contribution in [1.29, 1.82) is 0 Å². The Morgan fingerprint density at radius 1 is 0.559 bits per heavy atom. The fourth-order valence-electron chi connectivity index (χ4n) is 5.99. The van der Waals surface area contributed by atoms with Gasteiger partial charge in [-0.05, 0) is 65.7 Å². The number of ketones is 2. The molecule has 0 radical (unpaired) electrons. The number of hydrogen-bond acceptors (Lipinski definition) is 12. The number of rotatable bonds is 10. The molecule has 2 amide bonds. The largest absolute Gasteiger partial charge is 0.322 e. The van der Waals surface area contributed by atoms with Crippen LogP contribution >= 0.6 is 34.8 Å². The predicted molar refractivity (Wildman–Crippen MR) is 224 cm³/mol. The molecule has 0 bridgehead atoms. The molecule has 19 heteroatoms. The van der Waals surface area contributed by atoms with Crippen LogP contribution in [0.2, 0.25) is 15.1 Å². The van der Waals surface area contributed by atoms with Gasteiger partial charge in [-0.25, -0.2) is 0 Å². The zero-order valence-electron chi connectivity index (χ0n) is 29.7. The van der Waals surface area contributed by atoms with Gasteiger partial charge in [0.05, 0.1) is 31.7 Å². The van der Waals surface area contributed by atoms with Crippen LogP contribution in [0.5, 0.6) is 0 Å². The smallest absolute Gasteiger partial charge is 0.295 e. The van der Waals surface area contributed by atoms with Crippen LogP contribution in [-0.2, 0) is 19.2 Å². The summed E-state index contributed by atoms with van der Waals surface area (Å²) in [6.07, 6.45) is 2.75. The Morgan fingerprint density at radius 2 is 1.00 bits per heavy atom. The number of anilines is 4. The van der Waals surface area contributed by atoms with E-state index < -0.39 is 33.2 Å². The van der Waals surface area contributed by atoms with E-state index in [1.165, 1.54) is 54.6 Å². The maximum atomic E-state index is 13.7. The third-order valence-electron chi connectivity index (χ3n) is 8.80. The first-order valence-corrected chi connectivity index (χ1v) is 18.1. The van der Waals surface area contributed by atoms with Gasteiger partial charge in [0, 0.05) is 39.0 Å². The summed E-state index contributed by atoms with van der Waals surface area (Å²) in [5.41, 5.74) is 5.14. The van der Waals surface area contributed by atoms with Crippen LogP contribution in [0.3, 0.4) is 0 Å². The van der Waals surface area contributed by atoms with Gasteiger partial charge in [0.25, 0.3) is 23.2 Å². The van der Waals surface area contributed by atoms with Crippen LogP contribution in [-0.4, -0.2) is 44.7 Å². The standard InChI is InChI=1S/C40H23Cl3N8O8/c41-22-9-12-31(33(17-22)50(56)57)46-48-35-25-7-3-1-5-20(25)15-27(37(35)52)39(54)44-24-11-14-30(29(43)19-24)45-40(55)28-16-21-6-2-4-8-26(21)36(38(28)53)49-47-32-13-10-23(42)18-34(32)51(58)59/h1-19,46-47H,(H,44,54)(H,45,55)/b48-35+,49-36+. The van der Waals surface area contributed by atoms with Crippen LogP contribution in [0, 0.1) is 20.2 Å². The summed E-state index contributed by atoms with van der Waals surface area (Å²) in [6, 6.07) is 25.0. The second-order valence-electron chi connectivity index (χ2n) is 12.5. The van der Waals surface area contributed by atoms with Gasteiger partial charge in [-0.1, -0.05) is 83.3 Å². The molecule has 0 spiro atoms. The highest BCUT2D eigenvalue weighted by molar-refractivity contribution is 6.60.